The van der Waals surface area contributed by atoms with Crippen molar-refractivity contribution in [3.63, 3.8) is 0 Å². The molecule has 1 aromatic carbocycles. The van der Waals surface area contributed by atoms with Crippen LogP contribution in [0.2, 0.25) is 0 Å². The van der Waals surface area contributed by atoms with Gasteiger partial charge < -0.3 is 19.5 Å². The van der Waals surface area contributed by atoms with Gasteiger partial charge in [-0.3, -0.25) is 0 Å². The van der Waals surface area contributed by atoms with Crippen LogP contribution in [0.25, 0.3) is 0 Å². The van der Waals surface area contributed by atoms with Crippen molar-refractivity contribution in [3.8, 4) is 0 Å². The van der Waals surface area contributed by atoms with Gasteiger partial charge in [-0.15, -0.1) is 0 Å². The van der Waals surface area contributed by atoms with E-state index in [1.165, 1.54) is 7.11 Å². The van der Waals surface area contributed by atoms with Crippen LogP contribution in [0.3, 0.4) is 0 Å². The van der Waals surface area contributed by atoms with Crippen LogP contribution in [-0.4, -0.2) is 41.5 Å². The zero-order valence-corrected chi connectivity index (χ0v) is 14.4. The minimum absolute atomic E-state index is 0.409. The first kappa shape index (κ1) is 18.7. The predicted octanol–water partition coefficient (Wildman–Crippen LogP) is 1.34. The zero-order chi connectivity index (χ0) is 17.3. The van der Waals surface area contributed by atoms with E-state index in [9.17, 15) is 14.9 Å². The number of ether oxygens (including phenoxy) is 1. The lowest BCUT2D eigenvalue weighted by atomic mass is 9.74. The molecule has 0 fully saturated rings. The van der Waals surface area contributed by atoms with Crippen LogP contribution < -0.4 is 5.46 Å². The van der Waals surface area contributed by atoms with Crippen LogP contribution in [0.4, 0.5) is 0 Å². The molecule has 0 saturated carbocycles. The van der Waals surface area contributed by atoms with Crippen molar-refractivity contribution >= 4 is 18.6 Å². The van der Waals surface area contributed by atoms with Crippen molar-refractivity contribution in [2.75, 3.05) is 7.11 Å². The number of hydrogen-bond donors (Lipinski definition) is 2. The third-order valence-electron chi connectivity index (χ3n) is 4.11. The summed E-state index contributed by atoms with van der Waals surface area (Å²) in [5.41, 5.74) is 0.343. The summed E-state index contributed by atoms with van der Waals surface area (Å²) in [6, 6.07) is 3.37. The van der Waals surface area contributed by atoms with Gasteiger partial charge >= 0.3 is 13.1 Å². The maximum Gasteiger partial charge on any atom is 0.491 e. The molecule has 0 atom stereocenters. The zero-order valence-electron chi connectivity index (χ0n) is 14.4. The summed E-state index contributed by atoms with van der Waals surface area (Å²) in [6.45, 7) is 10.2. The molecule has 0 aliphatic heterocycles. The molecule has 0 saturated heterocycles. The largest absolute Gasteiger partial charge is 0.491 e. The van der Waals surface area contributed by atoms with E-state index in [1.54, 1.807) is 53.7 Å². The number of aryl methyl sites for hydroxylation is 2. The molecule has 0 heterocycles. The van der Waals surface area contributed by atoms with E-state index in [1.807, 2.05) is 0 Å². The molecule has 0 radical (unpaired) electrons. The molecule has 0 aromatic heterocycles. The fourth-order valence-corrected chi connectivity index (χ4v) is 2.05. The third-order valence-corrected chi connectivity index (χ3v) is 4.11. The van der Waals surface area contributed by atoms with E-state index in [4.69, 9.17) is 9.39 Å². The number of hydrogen-bond acceptors (Lipinski definition) is 5. The monoisotopic (exact) mass is 308 g/mol. The van der Waals surface area contributed by atoms with Crippen molar-refractivity contribution in [1.29, 1.82) is 0 Å². The number of esters is 1. The highest BCUT2D eigenvalue weighted by molar-refractivity contribution is 6.60. The second kappa shape index (κ2) is 6.40. The molecule has 0 bridgehead atoms. The predicted molar refractivity (Wildman–Crippen MR) is 86.3 cm³/mol. The summed E-state index contributed by atoms with van der Waals surface area (Å²) < 4.78 is 10.4. The van der Waals surface area contributed by atoms with Crippen molar-refractivity contribution in [2.24, 2.45) is 0 Å². The highest BCUT2D eigenvalue weighted by Gasteiger charge is 2.39. The molecule has 5 nitrogen and oxygen atoms in total. The molecular formula is C16H25BO5. The molecule has 122 valence electrons. The highest BCUT2D eigenvalue weighted by Crippen LogP contribution is 2.25. The molecule has 0 aliphatic rings. The van der Waals surface area contributed by atoms with Crippen LogP contribution in [-0.2, 0) is 9.39 Å². The van der Waals surface area contributed by atoms with Crippen LogP contribution in [0, 0.1) is 13.8 Å². The van der Waals surface area contributed by atoms with E-state index in [-0.39, 0.29) is 0 Å². The summed E-state index contributed by atoms with van der Waals surface area (Å²) in [5, 5.41) is 20.4. The number of methoxy groups -OCH3 is 1. The number of rotatable bonds is 5. The van der Waals surface area contributed by atoms with Crippen molar-refractivity contribution in [1.82, 2.24) is 0 Å². The molecule has 22 heavy (non-hydrogen) atoms. The minimum atomic E-state index is -1.20. The Balaban J connectivity index is 3.11. The Hall–Kier alpha value is -1.37. The molecule has 2 N–H and O–H groups in total. The van der Waals surface area contributed by atoms with Crippen molar-refractivity contribution in [2.45, 2.75) is 52.7 Å². The Morgan fingerprint density at radius 2 is 1.59 bits per heavy atom. The van der Waals surface area contributed by atoms with E-state index in [2.05, 4.69) is 0 Å². The number of carbonyl (C=O) groups is 1. The summed E-state index contributed by atoms with van der Waals surface area (Å²) in [6.07, 6.45) is 0. The second-order valence-corrected chi connectivity index (χ2v) is 6.56. The summed E-state index contributed by atoms with van der Waals surface area (Å²) in [4.78, 5) is 11.7. The quantitative estimate of drug-likeness (QED) is 0.634. The standard InChI is InChI=1S/C16H25BO5/c1-10-8-12(9-11(2)13(10)14(18)21-7)17(20)22-16(5,6)15(3,4)19/h8-9,19-20H,1-7H3. The lowest BCUT2D eigenvalue weighted by Crippen LogP contribution is -2.53. The van der Waals surface area contributed by atoms with Gasteiger partial charge in [0.1, 0.15) is 0 Å². The number of benzene rings is 1. The topological polar surface area (TPSA) is 76.0 Å². The average molecular weight is 308 g/mol. The minimum Gasteiger partial charge on any atom is -0.465 e. The molecule has 0 aliphatic carbocycles. The van der Waals surface area contributed by atoms with Crippen LogP contribution in [0.5, 0.6) is 0 Å². The summed E-state index contributed by atoms with van der Waals surface area (Å²) in [7, 11) is 0.129. The van der Waals surface area contributed by atoms with Crippen LogP contribution >= 0.6 is 0 Å². The molecule has 0 unspecified atom stereocenters. The van der Waals surface area contributed by atoms with Gasteiger partial charge in [-0.2, -0.15) is 0 Å². The molecular weight excluding hydrogens is 283 g/mol. The smallest absolute Gasteiger partial charge is 0.465 e. The fourth-order valence-electron chi connectivity index (χ4n) is 2.05. The van der Waals surface area contributed by atoms with E-state index in [0.29, 0.717) is 22.2 Å². The van der Waals surface area contributed by atoms with Gasteiger partial charge in [0, 0.05) is 0 Å². The Bertz CT molecular complexity index is 537. The fraction of sp³-hybridized carbons (Fsp3) is 0.562. The average Bonchev–Trinajstić information content (AvgIpc) is 2.35. The van der Waals surface area contributed by atoms with Crippen molar-refractivity contribution < 1.29 is 24.3 Å². The van der Waals surface area contributed by atoms with Gasteiger partial charge in [0.25, 0.3) is 0 Å². The first-order chi connectivity index (χ1) is 9.90. The maximum absolute atomic E-state index is 11.7. The Morgan fingerprint density at radius 1 is 1.14 bits per heavy atom. The summed E-state index contributed by atoms with van der Waals surface area (Å²) in [5.74, 6) is -0.409. The molecule has 0 amide bonds. The molecule has 1 rings (SSSR count). The number of carbonyl (C=O) groups excluding carboxylic acids is 1. The normalized spacial score (nSPS) is 12.2. The second-order valence-electron chi connectivity index (χ2n) is 6.56. The Labute approximate surface area is 132 Å². The van der Waals surface area contributed by atoms with Crippen molar-refractivity contribution in [3.05, 3.63) is 28.8 Å². The number of aliphatic hydroxyl groups is 1. The highest BCUT2D eigenvalue weighted by atomic mass is 16.5. The van der Waals surface area contributed by atoms with Gasteiger partial charge in [-0.1, -0.05) is 12.1 Å². The van der Waals surface area contributed by atoms with Gasteiger partial charge in [0.2, 0.25) is 0 Å². The molecule has 0 spiro atoms. The van der Waals surface area contributed by atoms with E-state index >= 15 is 0 Å². The van der Waals surface area contributed by atoms with Crippen LogP contribution in [0.1, 0.15) is 49.2 Å². The van der Waals surface area contributed by atoms with E-state index in [0.717, 1.165) is 0 Å². The van der Waals surface area contributed by atoms with E-state index < -0.39 is 24.3 Å². The third kappa shape index (κ3) is 3.88. The first-order valence-corrected chi connectivity index (χ1v) is 7.18. The van der Waals surface area contributed by atoms with Gasteiger partial charge in [-0.25, -0.2) is 4.79 Å². The lowest BCUT2D eigenvalue weighted by Gasteiger charge is -2.38. The maximum atomic E-state index is 11.7. The Kier molecular flexibility index (Phi) is 5.44. The SMILES string of the molecule is COC(=O)c1c(C)cc(B(O)OC(C)(C)C(C)(C)O)cc1C. The van der Waals surface area contributed by atoms with Gasteiger partial charge in [-0.05, 0) is 58.1 Å². The molecule has 1 aromatic rings. The Morgan fingerprint density at radius 3 is 1.95 bits per heavy atom. The summed E-state index contributed by atoms with van der Waals surface area (Å²) >= 11 is 0. The van der Waals surface area contributed by atoms with Crippen LogP contribution in [0.15, 0.2) is 12.1 Å². The van der Waals surface area contributed by atoms with Gasteiger partial charge in [0.05, 0.1) is 23.9 Å². The lowest BCUT2D eigenvalue weighted by molar-refractivity contribution is -0.0982. The van der Waals surface area contributed by atoms with Gasteiger partial charge in [0.15, 0.2) is 0 Å². The molecule has 6 heteroatoms. The first-order valence-electron chi connectivity index (χ1n) is 7.18.